The normalized spacial score (nSPS) is 20.5. The molecule has 2 N–H and O–H groups in total. The smallest absolute Gasteiger partial charge is 0.260 e. The lowest BCUT2D eigenvalue weighted by Gasteiger charge is -2.30. The fraction of sp³-hybridized carbons (Fsp3) is 0.407. The highest BCUT2D eigenvalue weighted by molar-refractivity contribution is 6.31. The van der Waals surface area contributed by atoms with Gasteiger partial charge < -0.3 is 10.2 Å². The summed E-state index contributed by atoms with van der Waals surface area (Å²) >= 11 is 0. The average molecular weight is 445 g/mol. The Balaban J connectivity index is 1.34. The maximum atomic E-state index is 12.7. The second kappa shape index (κ2) is 9.79. The summed E-state index contributed by atoms with van der Waals surface area (Å²) in [6.07, 6.45) is 9.25. The van der Waals surface area contributed by atoms with Crippen molar-refractivity contribution >= 4 is 28.8 Å². The summed E-state index contributed by atoms with van der Waals surface area (Å²) in [5, 5.41) is 5.74. The SMILES string of the molecule is O=C1NC(=O)c2ccc(N3CCCCC3)cc2/C1=C/Nc1ccc(CN2CCCCC2)cc1. The van der Waals surface area contributed by atoms with Crippen LogP contribution in [0.25, 0.3) is 5.57 Å². The monoisotopic (exact) mass is 444 g/mol. The largest absolute Gasteiger partial charge is 0.372 e. The van der Waals surface area contributed by atoms with E-state index in [2.05, 4.69) is 32.6 Å². The summed E-state index contributed by atoms with van der Waals surface area (Å²) in [4.78, 5) is 29.9. The molecule has 0 aliphatic carbocycles. The molecule has 0 aromatic heterocycles. The zero-order valence-corrected chi connectivity index (χ0v) is 19.1. The number of carbonyl (C=O) groups is 2. The molecule has 0 bridgehead atoms. The van der Waals surface area contributed by atoms with E-state index in [1.165, 1.54) is 57.2 Å². The highest BCUT2D eigenvalue weighted by Crippen LogP contribution is 2.30. The van der Waals surface area contributed by atoms with E-state index in [0.717, 1.165) is 31.0 Å². The van der Waals surface area contributed by atoms with Gasteiger partial charge in [0.05, 0.1) is 5.57 Å². The van der Waals surface area contributed by atoms with Crippen LogP contribution in [-0.4, -0.2) is 42.9 Å². The number of carbonyl (C=O) groups excluding carboxylic acids is 2. The van der Waals surface area contributed by atoms with Crippen LogP contribution >= 0.6 is 0 Å². The molecule has 172 valence electrons. The predicted octanol–water partition coefficient (Wildman–Crippen LogP) is 4.39. The number of nitrogens with zero attached hydrogens (tertiary/aromatic N) is 2. The molecule has 6 nitrogen and oxygen atoms in total. The van der Waals surface area contributed by atoms with E-state index in [1.54, 1.807) is 6.20 Å². The van der Waals surface area contributed by atoms with Crippen molar-refractivity contribution in [2.24, 2.45) is 0 Å². The quantitative estimate of drug-likeness (QED) is 0.529. The number of imide groups is 1. The number of piperidine rings is 2. The molecule has 2 aromatic rings. The van der Waals surface area contributed by atoms with Gasteiger partial charge in [0.2, 0.25) is 0 Å². The molecule has 33 heavy (non-hydrogen) atoms. The van der Waals surface area contributed by atoms with Gasteiger partial charge in [-0.1, -0.05) is 18.6 Å². The molecule has 0 radical (unpaired) electrons. The van der Waals surface area contributed by atoms with E-state index >= 15 is 0 Å². The van der Waals surface area contributed by atoms with E-state index in [0.29, 0.717) is 16.7 Å². The number of likely N-dealkylation sites (tertiary alicyclic amines) is 1. The van der Waals surface area contributed by atoms with Crippen molar-refractivity contribution in [3.63, 3.8) is 0 Å². The molecule has 3 heterocycles. The Bertz CT molecular complexity index is 1050. The van der Waals surface area contributed by atoms with Crippen molar-refractivity contribution in [3.05, 3.63) is 65.4 Å². The minimum absolute atomic E-state index is 0.334. The average Bonchev–Trinajstić information content (AvgIpc) is 2.86. The van der Waals surface area contributed by atoms with Gasteiger partial charge in [-0.2, -0.15) is 0 Å². The molecule has 6 heteroatoms. The minimum atomic E-state index is -0.363. The summed E-state index contributed by atoms with van der Waals surface area (Å²) < 4.78 is 0. The Kier molecular flexibility index (Phi) is 6.44. The van der Waals surface area contributed by atoms with E-state index in [9.17, 15) is 9.59 Å². The third-order valence-corrected chi connectivity index (χ3v) is 6.92. The molecule has 3 aliphatic rings. The Morgan fingerprint density at radius 1 is 0.788 bits per heavy atom. The maximum Gasteiger partial charge on any atom is 0.260 e. The van der Waals surface area contributed by atoms with Crippen LogP contribution in [0, 0.1) is 0 Å². The molecule has 0 spiro atoms. The Morgan fingerprint density at radius 3 is 2.21 bits per heavy atom. The van der Waals surface area contributed by atoms with Crippen LogP contribution < -0.4 is 15.5 Å². The summed E-state index contributed by atoms with van der Waals surface area (Å²) in [7, 11) is 0. The molecule has 0 unspecified atom stereocenters. The van der Waals surface area contributed by atoms with Crippen LogP contribution in [0.1, 0.15) is 60.0 Å². The molecule has 2 saturated heterocycles. The molecule has 0 atom stereocenters. The molecular weight excluding hydrogens is 412 g/mol. The summed E-state index contributed by atoms with van der Waals surface area (Å²) in [5.41, 5.74) is 5.02. The fourth-order valence-corrected chi connectivity index (χ4v) is 5.04. The summed E-state index contributed by atoms with van der Waals surface area (Å²) in [6, 6.07) is 14.2. The van der Waals surface area contributed by atoms with Crippen molar-refractivity contribution < 1.29 is 9.59 Å². The highest BCUT2D eigenvalue weighted by atomic mass is 16.2. The molecule has 2 fully saturated rings. The Labute approximate surface area is 195 Å². The number of benzene rings is 2. The number of fused-ring (bicyclic) bond motifs is 1. The number of rotatable bonds is 5. The molecule has 3 aliphatic heterocycles. The van der Waals surface area contributed by atoms with Gasteiger partial charge in [0.15, 0.2) is 0 Å². The number of hydrogen-bond acceptors (Lipinski definition) is 5. The molecule has 2 amide bonds. The molecule has 2 aromatic carbocycles. The fourth-order valence-electron chi connectivity index (χ4n) is 5.04. The number of amides is 2. The molecule has 5 rings (SSSR count). The molecule has 0 saturated carbocycles. The summed E-state index contributed by atoms with van der Waals surface area (Å²) in [5.74, 6) is -0.697. The van der Waals surface area contributed by atoms with Gasteiger partial charge in [0.25, 0.3) is 11.8 Å². The van der Waals surface area contributed by atoms with Crippen molar-refractivity contribution in [3.8, 4) is 0 Å². The predicted molar refractivity (Wildman–Crippen MR) is 132 cm³/mol. The van der Waals surface area contributed by atoms with Crippen LogP contribution in [0.15, 0.2) is 48.7 Å². The van der Waals surface area contributed by atoms with Gasteiger partial charge in [0, 0.05) is 48.3 Å². The highest BCUT2D eigenvalue weighted by Gasteiger charge is 2.28. The second-order valence-corrected chi connectivity index (χ2v) is 9.30. The lowest BCUT2D eigenvalue weighted by atomic mass is 9.94. The van der Waals surface area contributed by atoms with E-state index < -0.39 is 0 Å². The van der Waals surface area contributed by atoms with Crippen molar-refractivity contribution in [1.82, 2.24) is 10.2 Å². The lowest BCUT2D eigenvalue weighted by molar-refractivity contribution is -0.114. The first-order valence-corrected chi connectivity index (χ1v) is 12.2. The second-order valence-electron chi connectivity index (χ2n) is 9.30. The van der Waals surface area contributed by atoms with Gasteiger partial charge in [-0.3, -0.25) is 19.8 Å². The number of nitrogens with one attached hydrogen (secondary N) is 2. The first kappa shape index (κ1) is 21.7. The zero-order chi connectivity index (χ0) is 22.6. The number of hydrogen-bond donors (Lipinski definition) is 2. The van der Waals surface area contributed by atoms with Gasteiger partial charge in [-0.05, 0) is 81.1 Å². The van der Waals surface area contributed by atoms with Gasteiger partial charge in [0.1, 0.15) is 0 Å². The van der Waals surface area contributed by atoms with Crippen LogP contribution in [0.5, 0.6) is 0 Å². The lowest BCUT2D eigenvalue weighted by Crippen LogP contribution is -2.37. The first-order valence-electron chi connectivity index (χ1n) is 12.2. The third-order valence-electron chi connectivity index (χ3n) is 6.92. The minimum Gasteiger partial charge on any atom is -0.372 e. The Hall–Kier alpha value is -3.12. The third kappa shape index (κ3) is 4.96. The maximum absolute atomic E-state index is 12.7. The standard InChI is InChI=1S/C27H32N4O2/c32-26-23-12-11-22(31-15-5-2-6-16-31)17-24(23)25(27(33)29-26)18-28-21-9-7-20(8-10-21)19-30-13-3-1-4-14-30/h7-12,17-18,28H,1-6,13-16,19H2,(H,29,32,33)/b25-18-. The van der Waals surface area contributed by atoms with Gasteiger partial charge in [-0.25, -0.2) is 0 Å². The number of anilines is 2. The van der Waals surface area contributed by atoms with Crippen molar-refractivity contribution in [1.29, 1.82) is 0 Å². The summed E-state index contributed by atoms with van der Waals surface area (Å²) in [6.45, 7) is 5.37. The van der Waals surface area contributed by atoms with Gasteiger partial charge >= 0.3 is 0 Å². The molecular formula is C27H32N4O2. The van der Waals surface area contributed by atoms with Crippen LogP contribution in [0.4, 0.5) is 11.4 Å². The topological polar surface area (TPSA) is 64.7 Å². The van der Waals surface area contributed by atoms with Crippen LogP contribution in [0.3, 0.4) is 0 Å². The van der Waals surface area contributed by atoms with Crippen LogP contribution in [0.2, 0.25) is 0 Å². The van der Waals surface area contributed by atoms with E-state index in [-0.39, 0.29) is 11.8 Å². The van der Waals surface area contributed by atoms with Gasteiger partial charge in [-0.15, -0.1) is 0 Å². The Morgan fingerprint density at radius 2 is 1.48 bits per heavy atom. The van der Waals surface area contributed by atoms with Crippen LogP contribution in [-0.2, 0) is 11.3 Å². The van der Waals surface area contributed by atoms with E-state index in [1.807, 2.05) is 30.3 Å². The van der Waals surface area contributed by atoms with Crippen molar-refractivity contribution in [2.75, 3.05) is 36.4 Å². The zero-order valence-electron chi connectivity index (χ0n) is 19.1. The first-order chi connectivity index (χ1) is 16.2. The van der Waals surface area contributed by atoms with Crippen molar-refractivity contribution in [2.45, 2.75) is 45.1 Å². The van der Waals surface area contributed by atoms with E-state index in [4.69, 9.17) is 0 Å².